The van der Waals surface area contributed by atoms with Gasteiger partial charge in [0.15, 0.2) is 27.2 Å². The molecular formula is C5H8O6. The predicted molar refractivity (Wildman–Crippen MR) is 28.7 cm³/mol. The molecule has 0 aromatic heterocycles. The Morgan fingerprint density at radius 3 is 1.00 bits per heavy atom. The summed E-state index contributed by atoms with van der Waals surface area (Å²) in [6.45, 7) is 1.56. The van der Waals surface area contributed by atoms with Gasteiger partial charge in [0.1, 0.15) is 0 Å². The average molecular weight is 164 g/mol. The van der Waals surface area contributed by atoms with E-state index in [1.165, 1.54) is 0 Å². The zero-order chi connectivity index (χ0) is 7.57. The second kappa shape index (κ2) is 3.02. The topological polar surface area (TPSA) is 55.4 Å². The average Bonchev–Trinajstić information content (AvgIpc) is 1.46. The van der Waals surface area contributed by atoms with Crippen LogP contribution < -0.4 is 0 Å². The highest BCUT2D eigenvalue weighted by atomic mass is 17.2. The zero-order valence-corrected chi connectivity index (χ0v) is 5.78. The minimum Gasteiger partial charge on any atom is -0.329 e. The summed E-state index contributed by atoms with van der Waals surface area (Å²) in [5, 5.41) is 0. The van der Waals surface area contributed by atoms with Crippen LogP contribution in [0.4, 0.5) is 0 Å². The first kappa shape index (κ1) is 7.41. The molecule has 3 saturated heterocycles. The van der Waals surface area contributed by atoms with Crippen LogP contribution in [0.1, 0.15) is 0 Å². The van der Waals surface area contributed by atoms with Crippen LogP contribution in [0.3, 0.4) is 0 Å². The van der Waals surface area contributed by atoms with E-state index in [0.717, 1.165) is 0 Å². The number of rotatable bonds is 0. The summed E-state index contributed by atoms with van der Waals surface area (Å²) in [5.74, 6) is 0. The standard InChI is InChI=1S/C3H4O4.C2H4O2/c1-4-3(5-1)6-2-7-3;1-3-2-4-1/h1-2H2;1-2H2. The van der Waals surface area contributed by atoms with E-state index in [-0.39, 0.29) is 13.6 Å². The lowest BCUT2D eigenvalue weighted by Crippen LogP contribution is -2.59. The largest absolute Gasteiger partial charge is 0.420 e. The van der Waals surface area contributed by atoms with Crippen molar-refractivity contribution in [2.24, 2.45) is 0 Å². The fraction of sp³-hybridized carbons (Fsp3) is 1.00. The maximum absolute atomic E-state index is 4.69. The molecule has 0 aliphatic carbocycles. The van der Waals surface area contributed by atoms with Gasteiger partial charge in [-0.05, 0) is 0 Å². The second-order valence-electron chi connectivity index (χ2n) is 1.96. The van der Waals surface area contributed by atoms with Gasteiger partial charge in [0.2, 0.25) is 0 Å². The number of hydrogen-bond acceptors (Lipinski definition) is 6. The van der Waals surface area contributed by atoms with Crippen molar-refractivity contribution < 1.29 is 28.4 Å². The predicted octanol–water partition coefficient (Wildman–Crippen LogP) is -0.446. The highest BCUT2D eigenvalue weighted by molar-refractivity contribution is 4.50. The molecule has 1 spiro atoms. The van der Waals surface area contributed by atoms with Gasteiger partial charge in [-0.15, -0.1) is 0 Å². The van der Waals surface area contributed by atoms with Crippen molar-refractivity contribution in [2.75, 3.05) is 27.2 Å². The molecule has 0 aromatic carbocycles. The van der Waals surface area contributed by atoms with Crippen LogP contribution >= 0.6 is 0 Å². The van der Waals surface area contributed by atoms with Crippen molar-refractivity contribution in [3.63, 3.8) is 0 Å². The van der Waals surface area contributed by atoms with Crippen LogP contribution in [-0.4, -0.2) is 33.3 Å². The Labute approximate surface area is 62.9 Å². The fourth-order valence-corrected chi connectivity index (χ4v) is 0.560. The molecule has 0 aromatic rings. The smallest absolute Gasteiger partial charge is 0.329 e. The fourth-order valence-electron chi connectivity index (χ4n) is 0.560. The van der Waals surface area contributed by atoms with E-state index in [1.807, 2.05) is 0 Å². The van der Waals surface area contributed by atoms with E-state index in [1.54, 1.807) is 0 Å². The molecule has 0 radical (unpaired) electrons. The molecular weight excluding hydrogens is 156 g/mol. The van der Waals surface area contributed by atoms with Crippen LogP contribution in [0.5, 0.6) is 0 Å². The Morgan fingerprint density at radius 2 is 1.00 bits per heavy atom. The highest BCUT2D eigenvalue weighted by Crippen LogP contribution is 2.32. The quantitative estimate of drug-likeness (QED) is 0.483. The van der Waals surface area contributed by atoms with Crippen molar-refractivity contribution in [2.45, 2.75) is 6.16 Å². The molecule has 3 heterocycles. The van der Waals surface area contributed by atoms with Crippen molar-refractivity contribution in [1.29, 1.82) is 0 Å². The Hall–Kier alpha value is -0.240. The van der Waals surface area contributed by atoms with Crippen LogP contribution in [0, 0.1) is 0 Å². The molecule has 3 aliphatic rings. The minimum absolute atomic E-state index is 0.278. The van der Waals surface area contributed by atoms with Gasteiger partial charge in [-0.25, -0.2) is 0 Å². The second-order valence-corrected chi connectivity index (χ2v) is 1.96. The Balaban J connectivity index is 0.000000103. The molecule has 64 valence electrons. The molecule has 3 aliphatic heterocycles. The van der Waals surface area contributed by atoms with Gasteiger partial charge in [0, 0.05) is 0 Å². The van der Waals surface area contributed by atoms with E-state index in [0.29, 0.717) is 13.6 Å². The van der Waals surface area contributed by atoms with E-state index in [2.05, 4.69) is 28.4 Å². The first-order valence-corrected chi connectivity index (χ1v) is 3.13. The van der Waals surface area contributed by atoms with E-state index in [4.69, 9.17) is 0 Å². The summed E-state index contributed by atoms with van der Waals surface area (Å²) in [4.78, 5) is 0. The van der Waals surface area contributed by atoms with Crippen LogP contribution in [0.15, 0.2) is 0 Å². The van der Waals surface area contributed by atoms with Crippen molar-refractivity contribution in [3.05, 3.63) is 0 Å². The van der Waals surface area contributed by atoms with Crippen molar-refractivity contribution >= 4 is 0 Å². The molecule has 0 saturated carbocycles. The first-order chi connectivity index (χ1) is 5.41. The lowest BCUT2D eigenvalue weighted by atomic mass is 10.8. The summed E-state index contributed by atoms with van der Waals surface area (Å²) in [5.41, 5.74) is 0. The molecule has 3 rings (SSSR count). The summed E-state index contributed by atoms with van der Waals surface area (Å²) >= 11 is 0. The maximum Gasteiger partial charge on any atom is 0.420 e. The molecule has 0 bridgehead atoms. The highest BCUT2D eigenvalue weighted by Gasteiger charge is 2.50. The third-order valence-corrected chi connectivity index (χ3v) is 1.28. The Bertz CT molecular complexity index is 105. The summed E-state index contributed by atoms with van der Waals surface area (Å²) in [6, 6.07) is 0. The Morgan fingerprint density at radius 1 is 0.636 bits per heavy atom. The molecule has 0 atom stereocenters. The van der Waals surface area contributed by atoms with Gasteiger partial charge in [-0.2, -0.15) is 0 Å². The lowest BCUT2D eigenvalue weighted by Gasteiger charge is -2.44. The lowest BCUT2D eigenvalue weighted by molar-refractivity contribution is -0.672. The van der Waals surface area contributed by atoms with E-state index >= 15 is 0 Å². The van der Waals surface area contributed by atoms with Crippen molar-refractivity contribution in [3.8, 4) is 0 Å². The zero-order valence-electron chi connectivity index (χ0n) is 5.78. The van der Waals surface area contributed by atoms with Crippen LogP contribution in [0.2, 0.25) is 0 Å². The van der Waals surface area contributed by atoms with Crippen molar-refractivity contribution in [1.82, 2.24) is 0 Å². The van der Waals surface area contributed by atoms with Gasteiger partial charge < -0.3 is 9.47 Å². The maximum atomic E-state index is 4.69. The molecule has 0 N–H and O–H groups in total. The van der Waals surface area contributed by atoms with Gasteiger partial charge >= 0.3 is 6.16 Å². The number of hydrogen-bond donors (Lipinski definition) is 0. The summed E-state index contributed by atoms with van der Waals surface area (Å²) in [6.07, 6.45) is -1.06. The third-order valence-electron chi connectivity index (χ3n) is 1.28. The van der Waals surface area contributed by atoms with Gasteiger partial charge in [-0.3, -0.25) is 18.9 Å². The monoisotopic (exact) mass is 164 g/mol. The molecule has 11 heavy (non-hydrogen) atoms. The van der Waals surface area contributed by atoms with Crippen LogP contribution in [-0.2, 0) is 28.4 Å². The van der Waals surface area contributed by atoms with Gasteiger partial charge in [0.25, 0.3) is 0 Å². The summed E-state index contributed by atoms with van der Waals surface area (Å²) < 4.78 is 27.8. The minimum atomic E-state index is -1.06. The van der Waals surface area contributed by atoms with E-state index in [9.17, 15) is 0 Å². The van der Waals surface area contributed by atoms with Gasteiger partial charge in [-0.1, -0.05) is 0 Å². The SMILES string of the molecule is C1OC2(O1)OCO2.C1OCO1. The van der Waals surface area contributed by atoms with Gasteiger partial charge in [0.05, 0.1) is 0 Å². The molecule has 3 fully saturated rings. The number of ether oxygens (including phenoxy) is 6. The first-order valence-electron chi connectivity index (χ1n) is 3.13. The van der Waals surface area contributed by atoms with E-state index < -0.39 is 6.16 Å². The molecule has 0 amide bonds. The van der Waals surface area contributed by atoms with Crippen LogP contribution in [0.25, 0.3) is 0 Å². The summed E-state index contributed by atoms with van der Waals surface area (Å²) in [7, 11) is 0. The molecule has 6 heteroatoms. The third kappa shape index (κ3) is 1.51. The Kier molecular flexibility index (Phi) is 2.03. The molecule has 6 nitrogen and oxygen atoms in total. The molecule has 0 unspecified atom stereocenters. The normalized spacial score (nSPS) is 30.5.